The van der Waals surface area contributed by atoms with Crippen LogP contribution >= 0.6 is 0 Å². The first-order valence-corrected chi connectivity index (χ1v) is 6.76. The molecule has 2 unspecified atom stereocenters. The minimum atomic E-state index is -0.563. The van der Waals surface area contributed by atoms with E-state index < -0.39 is 6.10 Å². The van der Waals surface area contributed by atoms with E-state index in [-0.39, 0.29) is 24.3 Å². The zero-order valence-corrected chi connectivity index (χ0v) is 12.1. The van der Waals surface area contributed by atoms with E-state index >= 15 is 0 Å². The molecule has 1 aliphatic heterocycles. The third-order valence-electron chi connectivity index (χ3n) is 3.33. The van der Waals surface area contributed by atoms with Gasteiger partial charge in [0, 0.05) is 33.1 Å². The van der Waals surface area contributed by atoms with Crippen LogP contribution in [0.25, 0.3) is 0 Å². The maximum Gasteiger partial charge on any atom is 0.224 e. The summed E-state index contributed by atoms with van der Waals surface area (Å²) in [5, 5.41) is 12.4. The van der Waals surface area contributed by atoms with Crippen LogP contribution in [0.5, 0.6) is 0 Å². The highest BCUT2D eigenvalue weighted by Crippen LogP contribution is 2.16. The third-order valence-corrected chi connectivity index (χ3v) is 3.33. The normalized spacial score (nSPS) is 21.3. The van der Waals surface area contributed by atoms with Crippen molar-refractivity contribution in [2.24, 2.45) is 5.92 Å². The van der Waals surface area contributed by atoms with Crippen molar-refractivity contribution >= 4 is 11.8 Å². The molecule has 0 aromatic rings. The van der Waals surface area contributed by atoms with E-state index in [1.165, 1.54) is 6.92 Å². The van der Waals surface area contributed by atoms with Crippen LogP contribution in [-0.2, 0) is 9.59 Å². The molecule has 0 saturated carbocycles. The van der Waals surface area contributed by atoms with Gasteiger partial charge in [0.1, 0.15) is 0 Å². The van der Waals surface area contributed by atoms with Gasteiger partial charge >= 0.3 is 0 Å². The lowest BCUT2D eigenvalue weighted by Crippen LogP contribution is -2.46. The standard InChI is InChI=1S/C13H25N3O3/c1-10(17)16-6-4-5-11(8-16)13(19)14-7-12(18)9-15(2)3/h11-12,18H,4-9H2,1-3H3,(H,14,19). The zero-order valence-electron chi connectivity index (χ0n) is 12.1. The first-order chi connectivity index (χ1) is 8.90. The van der Waals surface area contributed by atoms with Gasteiger partial charge in [-0.1, -0.05) is 0 Å². The van der Waals surface area contributed by atoms with Gasteiger partial charge in [0.05, 0.1) is 12.0 Å². The molecular formula is C13H25N3O3. The Kier molecular flexibility index (Phi) is 6.24. The molecule has 1 rings (SSSR count). The van der Waals surface area contributed by atoms with E-state index in [1.807, 2.05) is 19.0 Å². The van der Waals surface area contributed by atoms with Crippen LogP contribution in [-0.4, -0.2) is 73.1 Å². The van der Waals surface area contributed by atoms with E-state index in [9.17, 15) is 14.7 Å². The number of hydrogen-bond acceptors (Lipinski definition) is 4. The summed E-state index contributed by atoms with van der Waals surface area (Å²) < 4.78 is 0. The first kappa shape index (κ1) is 15.9. The van der Waals surface area contributed by atoms with Gasteiger partial charge in [0.25, 0.3) is 0 Å². The monoisotopic (exact) mass is 271 g/mol. The summed E-state index contributed by atoms with van der Waals surface area (Å²) in [4.78, 5) is 26.9. The van der Waals surface area contributed by atoms with Crippen LogP contribution in [0.15, 0.2) is 0 Å². The van der Waals surface area contributed by atoms with Gasteiger partial charge < -0.3 is 20.2 Å². The number of likely N-dealkylation sites (tertiary alicyclic amines) is 1. The van der Waals surface area contributed by atoms with Crippen molar-refractivity contribution in [2.75, 3.05) is 40.3 Å². The van der Waals surface area contributed by atoms with Gasteiger partial charge in [-0.2, -0.15) is 0 Å². The molecule has 6 heteroatoms. The molecule has 0 aromatic carbocycles. The van der Waals surface area contributed by atoms with Gasteiger partial charge in [-0.25, -0.2) is 0 Å². The van der Waals surface area contributed by atoms with Crippen LogP contribution in [0.3, 0.4) is 0 Å². The van der Waals surface area contributed by atoms with E-state index in [1.54, 1.807) is 4.90 Å². The topological polar surface area (TPSA) is 72.9 Å². The van der Waals surface area contributed by atoms with Gasteiger partial charge in [-0.15, -0.1) is 0 Å². The lowest BCUT2D eigenvalue weighted by atomic mass is 9.97. The molecule has 1 heterocycles. The Labute approximate surface area is 114 Å². The van der Waals surface area contributed by atoms with Crippen molar-refractivity contribution in [3.05, 3.63) is 0 Å². The van der Waals surface area contributed by atoms with Crippen molar-refractivity contribution in [1.82, 2.24) is 15.1 Å². The number of hydrogen-bond donors (Lipinski definition) is 2. The molecule has 2 atom stereocenters. The molecule has 19 heavy (non-hydrogen) atoms. The number of aliphatic hydroxyl groups is 1. The highest BCUT2D eigenvalue weighted by atomic mass is 16.3. The molecule has 2 amide bonds. The molecule has 1 aliphatic rings. The predicted octanol–water partition coefficient (Wildman–Crippen LogP) is -0.716. The fourth-order valence-electron chi connectivity index (χ4n) is 2.33. The molecule has 0 bridgehead atoms. The summed E-state index contributed by atoms with van der Waals surface area (Å²) in [5.74, 6) is -0.196. The minimum absolute atomic E-state index is 0.0187. The van der Waals surface area contributed by atoms with Crippen LogP contribution < -0.4 is 5.32 Å². The number of rotatable bonds is 5. The summed E-state index contributed by atoms with van der Waals surface area (Å²) in [7, 11) is 3.74. The smallest absolute Gasteiger partial charge is 0.224 e. The Morgan fingerprint density at radius 1 is 1.47 bits per heavy atom. The number of carbonyl (C=O) groups excluding carboxylic acids is 2. The predicted molar refractivity (Wildman–Crippen MR) is 72.5 cm³/mol. The highest BCUT2D eigenvalue weighted by Gasteiger charge is 2.27. The quantitative estimate of drug-likeness (QED) is 0.692. The average Bonchev–Trinajstić information content (AvgIpc) is 2.35. The molecule has 1 fully saturated rings. The number of piperidine rings is 1. The van der Waals surface area contributed by atoms with Crippen molar-refractivity contribution < 1.29 is 14.7 Å². The number of amides is 2. The fraction of sp³-hybridized carbons (Fsp3) is 0.846. The van der Waals surface area contributed by atoms with E-state index in [0.29, 0.717) is 13.1 Å². The second-order valence-corrected chi connectivity index (χ2v) is 5.47. The lowest BCUT2D eigenvalue weighted by Gasteiger charge is -2.31. The second-order valence-electron chi connectivity index (χ2n) is 5.47. The van der Waals surface area contributed by atoms with Crippen molar-refractivity contribution in [3.63, 3.8) is 0 Å². The molecule has 0 radical (unpaired) electrons. The Bertz CT molecular complexity index is 320. The number of nitrogens with zero attached hydrogens (tertiary/aromatic N) is 2. The highest BCUT2D eigenvalue weighted by molar-refractivity contribution is 5.80. The lowest BCUT2D eigenvalue weighted by molar-refractivity contribution is -0.134. The Morgan fingerprint density at radius 3 is 2.74 bits per heavy atom. The number of carbonyl (C=O) groups is 2. The van der Waals surface area contributed by atoms with E-state index in [2.05, 4.69) is 5.32 Å². The zero-order chi connectivity index (χ0) is 14.4. The molecular weight excluding hydrogens is 246 g/mol. The summed E-state index contributed by atoms with van der Waals surface area (Å²) in [6.45, 7) is 3.53. The molecule has 0 aliphatic carbocycles. The van der Waals surface area contributed by atoms with Crippen molar-refractivity contribution in [3.8, 4) is 0 Å². The molecule has 0 aromatic heterocycles. The van der Waals surface area contributed by atoms with Gasteiger partial charge in [-0.05, 0) is 26.9 Å². The maximum absolute atomic E-state index is 12.0. The Hall–Kier alpha value is -1.14. The Balaban J connectivity index is 2.34. The van der Waals surface area contributed by atoms with Crippen LogP contribution in [0, 0.1) is 5.92 Å². The third kappa shape index (κ3) is 5.57. The number of nitrogens with one attached hydrogen (secondary N) is 1. The SMILES string of the molecule is CC(=O)N1CCCC(C(=O)NCC(O)CN(C)C)C1. The van der Waals surface area contributed by atoms with Crippen LogP contribution in [0.2, 0.25) is 0 Å². The number of likely N-dealkylation sites (N-methyl/N-ethyl adjacent to an activating group) is 1. The number of aliphatic hydroxyl groups excluding tert-OH is 1. The van der Waals surface area contributed by atoms with Crippen LogP contribution in [0.1, 0.15) is 19.8 Å². The second kappa shape index (κ2) is 7.45. The molecule has 2 N–H and O–H groups in total. The van der Waals surface area contributed by atoms with Gasteiger partial charge in [0.15, 0.2) is 0 Å². The summed E-state index contributed by atoms with van der Waals surface area (Å²) >= 11 is 0. The average molecular weight is 271 g/mol. The molecule has 6 nitrogen and oxygen atoms in total. The molecule has 110 valence electrons. The van der Waals surface area contributed by atoms with Crippen LogP contribution in [0.4, 0.5) is 0 Å². The Morgan fingerprint density at radius 2 is 2.16 bits per heavy atom. The van der Waals surface area contributed by atoms with E-state index in [0.717, 1.165) is 19.4 Å². The molecule has 0 spiro atoms. The minimum Gasteiger partial charge on any atom is -0.390 e. The van der Waals surface area contributed by atoms with Gasteiger partial charge in [0.2, 0.25) is 11.8 Å². The van der Waals surface area contributed by atoms with Crippen molar-refractivity contribution in [2.45, 2.75) is 25.9 Å². The molecule has 1 saturated heterocycles. The maximum atomic E-state index is 12.0. The summed E-state index contributed by atoms with van der Waals surface area (Å²) in [6, 6.07) is 0. The summed E-state index contributed by atoms with van der Waals surface area (Å²) in [5.41, 5.74) is 0. The van der Waals surface area contributed by atoms with E-state index in [4.69, 9.17) is 0 Å². The van der Waals surface area contributed by atoms with Gasteiger partial charge in [-0.3, -0.25) is 9.59 Å². The summed E-state index contributed by atoms with van der Waals surface area (Å²) in [6.07, 6.45) is 1.10. The van der Waals surface area contributed by atoms with Crippen molar-refractivity contribution in [1.29, 1.82) is 0 Å². The first-order valence-electron chi connectivity index (χ1n) is 6.76. The fourth-order valence-corrected chi connectivity index (χ4v) is 2.33. The largest absolute Gasteiger partial charge is 0.390 e.